The second-order valence-electron chi connectivity index (χ2n) is 7.24. The number of nitrogens with one attached hydrogen (secondary N) is 1. The number of benzene rings is 1. The van der Waals surface area contributed by atoms with Gasteiger partial charge in [-0.2, -0.15) is 0 Å². The summed E-state index contributed by atoms with van der Waals surface area (Å²) < 4.78 is 0. The highest BCUT2D eigenvalue weighted by atomic mass is 16.1. The Kier molecular flexibility index (Phi) is 5.09. The van der Waals surface area contributed by atoms with Gasteiger partial charge in [-0.1, -0.05) is 43.5 Å². The molecule has 0 atom stereocenters. The first-order chi connectivity index (χ1) is 14.1. The van der Waals surface area contributed by atoms with Crippen molar-refractivity contribution >= 4 is 33.6 Å². The molecule has 2 aromatic heterocycles. The summed E-state index contributed by atoms with van der Waals surface area (Å²) in [6.45, 7) is 9.25. The predicted molar refractivity (Wildman–Crippen MR) is 120 cm³/mol. The SMILES string of the molecule is C=C/C=C(\C=C)c1nccc2c(Nc3ncc(C4CC4)cc3C(C)=O)cccc12. The molecule has 1 N–H and O–H groups in total. The zero-order chi connectivity index (χ0) is 20.4. The van der Waals surface area contributed by atoms with Gasteiger partial charge in [0.25, 0.3) is 0 Å². The van der Waals surface area contributed by atoms with Crippen LogP contribution in [0.4, 0.5) is 11.5 Å². The van der Waals surface area contributed by atoms with Crippen LogP contribution in [0.25, 0.3) is 16.3 Å². The van der Waals surface area contributed by atoms with E-state index in [1.54, 1.807) is 25.3 Å². The highest BCUT2D eigenvalue weighted by Gasteiger charge is 2.25. The summed E-state index contributed by atoms with van der Waals surface area (Å²) in [4.78, 5) is 21.4. The van der Waals surface area contributed by atoms with E-state index >= 15 is 0 Å². The van der Waals surface area contributed by atoms with E-state index in [4.69, 9.17) is 0 Å². The average Bonchev–Trinajstić information content (AvgIpc) is 3.57. The zero-order valence-electron chi connectivity index (χ0n) is 16.5. The van der Waals surface area contributed by atoms with Crippen LogP contribution in [0.1, 0.15) is 47.3 Å². The van der Waals surface area contributed by atoms with E-state index < -0.39 is 0 Å². The maximum absolute atomic E-state index is 12.3. The van der Waals surface area contributed by atoms with Crippen LogP contribution in [0.15, 0.2) is 74.1 Å². The van der Waals surface area contributed by atoms with E-state index in [-0.39, 0.29) is 5.78 Å². The van der Waals surface area contributed by atoms with E-state index in [0.29, 0.717) is 17.3 Å². The molecule has 0 aliphatic heterocycles. The first-order valence-electron chi connectivity index (χ1n) is 9.73. The molecule has 0 radical (unpaired) electrons. The van der Waals surface area contributed by atoms with Gasteiger partial charge in [-0.25, -0.2) is 4.98 Å². The van der Waals surface area contributed by atoms with E-state index in [1.165, 1.54) is 12.8 Å². The maximum Gasteiger partial charge on any atom is 0.163 e. The van der Waals surface area contributed by atoms with Gasteiger partial charge in [0.15, 0.2) is 5.78 Å². The molecular formula is C25H23N3O. The quantitative estimate of drug-likeness (QED) is 0.390. The van der Waals surface area contributed by atoms with Crippen molar-refractivity contribution in [2.45, 2.75) is 25.7 Å². The number of anilines is 2. The molecule has 1 aromatic carbocycles. The lowest BCUT2D eigenvalue weighted by molar-refractivity contribution is 0.101. The van der Waals surface area contributed by atoms with Gasteiger partial charge in [0, 0.05) is 34.4 Å². The van der Waals surface area contributed by atoms with Gasteiger partial charge in [-0.3, -0.25) is 9.78 Å². The van der Waals surface area contributed by atoms with Crippen LogP contribution in [-0.2, 0) is 0 Å². The van der Waals surface area contributed by atoms with Crippen LogP contribution in [0.3, 0.4) is 0 Å². The summed E-state index contributed by atoms with van der Waals surface area (Å²) >= 11 is 0. The molecule has 4 heteroatoms. The summed E-state index contributed by atoms with van der Waals surface area (Å²) in [5.41, 5.74) is 4.39. The Labute approximate surface area is 170 Å². The number of fused-ring (bicyclic) bond motifs is 1. The van der Waals surface area contributed by atoms with E-state index in [9.17, 15) is 4.79 Å². The van der Waals surface area contributed by atoms with Crippen LogP contribution >= 0.6 is 0 Å². The van der Waals surface area contributed by atoms with Crippen molar-refractivity contribution in [2.75, 3.05) is 5.32 Å². The minimum atomic E-state index is 0.00736. The molecule has 1 fully saturated rings. The number of hydrogen-bond donors (Lipinski definition) is 1. The molecule has 144 valence electrons. The van der Waals surface area contributed by atoms with Crippen molar-refractivity contribution in [1.29, 1.82) is 0 Å². The lowest BCUT2D eigenvalue weighted by Gasteiger charge is -2.14. The number of allylic oxidation sites excluding steroid dienone is 4. The van der Waals surface area contributed by atoms with E-state index in [0.717, 1.165) is 33.3 Å². The van der Waals surface area contributed by atoms with Crippen LogP contribution in [0.2, 0.25) is 0 Å². The lowest BCUT2D eigenvalue weighted by Crippen LogP contribution is -2.05. The maximum atomic E-state index is 12.3. The molecule has 1 aliphatic carbocycles. The van der Waals surface area contributed by atoms with Gasteiger partial charge in [0.1, 0.15) is 5.82 Å². The molecule has 1 aliphatic rings. The molecule has 1 saturated carbocycles. The Morgan fingerprint density at radius 3 is 2.69 bits per heavy atom. The Morgan fingerprint density at radius 1 is 1.17 bits per heavy atom. The molecule has 0 bridgehead atoms. The van der Waals surface area contributed by atoms with Crippen LogP contribution in [0.5, 0.6) is 0 Å². The topological polar surface area (TPSA) is 54.9 Å². The number of carbonyl (C=O) groups is 1. The molecule has 0 unspecified atom stereocenters. The standard InChI is InChI=1S/C25H23N3O/c1-4-7-17(5-2)24-21-8-6-9-23(20(21)12-13-26-24)28-25-22(16(3)29)14-19(15-27-25)18-10-11-18/h4-9,12-15,18H,1-2,10-11H2,3H3,(H,27,28)/b17-7+. The van der Waals surface area contributed by atoms with E-state index in [1.807, 2.05) is 42.6 Å². The Morgan fingerprint density at radius 2 is 2.00 bits per heavy atom. The molecule has 3 aromatic rings. The van der Waals surface area contributed by atoms with Crippen molar-refractivity contribution in [3.8, 4) is 0 Å². The monoisotopic (exact) mass is 381 g/mol. The lowest BCUT2D eigenvalue weighted by atomic mass is 10.0. The molecule has 4 rings (SSSR count). The first-order valence-corrected chi connectivity index (χ1v) is 9.73. The van der Waals surface area contributed by atoms with Crippen molar-refractivity contribution in [1.82, 2.24) is 9.97 Å². The summed E-state index contributed by atoms with van der Waals surface area (Å²) in [5.74, 6) is 1.14. The third-order valence-corrected chi connectivity index (χ3v) is 5.19. The number of Topliss-reactive ketones (excluding diaryl/α,β-unsaturated/α-hetero) is 1. The molecule has 4 nitrogen and oxygen atoms in total. The average molecular weight is 381 g/mol. The molecule has 0 amide bonds. The van der Waals surface area contributed by atoms with Crippen LogP contribution in [0, 0.1) is 0 Å². The second-order valence-corrected chi connectivity index (χ2v) is 7.24. The number of nitrogens with zero attached hydrogens (tertiary/aromatic N) is 2. The van der Waals surface area contributed by atoms with Gasteiger partial charge in [0.05, 0.1) is 11.3 Å². The summed E-state index contributed by atoms with van der Waals surface area (Å²) in [6, 6.07) is 9.92. The fourth-order valence-corrected chi connectivity index (χ4v) is 3.53. The fraction of sp³-hybridized carbons (Fsp3) is 0.160. The van der Waals surface area contributed by atoms with Crippen LogP contribution < -0.4 is 5.32 Å². The Hall–Kier alpha value is -3.53. The first kappa shape index (κ1) is 18.8. The summed E-state index contributed by atoms with van der Waals surface area (Å²) in [7, 11) is 0. The zero-order valence-corrected chi connectivity index (χ0v) is 16.5. The third kappa shape index (κ3) is 3.74. The van der Waals surface area contributed by atoms with Gasteiger partial charge in [0.2, 0.25) is 0 Å². The normalized spacial score (nSPS) is 13.9. The Balaban J connectivity index is 1.80. The van der Waals surface area contributed by atoms with Gasteiger partial charge >= 0.3 is 0 Å². The molecule has 29 heavy (non-hydrogen) atoms. The highest BCUT2D eigenvalue weighted by Crippen LogP contribution is 2.41. The summed E-state index contributed by atoms with van der Waals surface area (Å²) in [5, 5.41) is 5.36. The van der Waals surface area contributed by atoms with Crippen LogP contribution in [-0.4, -0.2) is 15.8 Å². The largest absolute Gasteiger partial charge is 0.339 e. The summed E-state index contributed by atoms with van der Waals surface area (Å²) in [6.07, 6.45) is 11.4. The fourth-order valence-electron chi connectivity index (χ4n) is 3.53. The number of aromatic nitrogens is 2. The minimum absolute atomic E-state index is 0.00736. The number of rotatable bonds is 7. The smallest absolute Gasteiger partial charge is 0.163 e. The number of carbonyl (C=O) groups excluding carboxylic acids is 1. The van der Waals surface area contributed by atoms with Gasteiger partial charge in [-0.05, 0) is 49.4 Å². The van der Waals surface area contributed by atoms with E-state index in [2.05, 4.69) is 28.4 Å². The Bertz CT molecular complexity index is 1160. The number of hydrogen-bond acceptors (Lipinski definition) is 4. The highest BCUT2D eigenvalue weighted by molar-refractivity contribution is 6.04. The second kappa shape index (κ2) is 7.84. The minimum Gasteiger partial charge on any atom is -0.339 e. The number of pyridine rings is 2. The molecule has 0 saturated heterocycles. The van der Waals surface area contributed by atoms with Gasteiger partial charge < -0.3 is 5.32 Å². The van der Waals surface area contributed by atoms with Crippen molar-refractivity contribution in [3.05, 3.63) is 90.9 Å². The molecule has 2 heterocycles. The third-order valence-electron chi connectivity index (χ3n) is 5.19. The molecule has 0 spiro atoms. The molecular weight excluding hydrogens is 358 g/mol. The van der Waals surface area contributed by atoms with Gasteiger partial charge in [-0.15, -0.1) is 0 Å². The number of ketones is 1. The predicted octanol–water partition coefficient (Wildman–Crippen LogP) is 6.21. The van der Waals surface area contributed by atoms with Crippen molar-refractivity contribution < 1.29 is 4.79 Å². The van der Waals surface area contributed by atoms with Crippen molar-refractivity contribution in [2.24, 2.45) is 0 Å². The van der Waals surface area contributed by atoms with Crippen molar-refractivity contribution in [3.63, 3.8) is 0 Å².